The maximum Gasteiger partial charge on any atom is 0.263 e. The number of rotatable bonds is 6. The van der Waals surface area contributed by atoms with Crippen LogP contribution in [0.5, 0.6) is 0 Å². The summed E-state index contributed by atoms with van der Waals surface area (Å²) in [6, 6.07) is 25.7. The van der Waals surface area contributed by atoms with Crippen LogP contribution in [0.15, 0.2) is 101 Å². The fourth-order valence-electron chi connectivity index (χ4n) is 2.43. The van der Waals surface area contributed by atoms with E-state index in [2.05, 4.69) is 9.71 Å². The number of aliphatic imine (C=N–C) groups is 1. The predicted molar refractivity (Wildman–Crippen MR) is 105 cm³/mol. The maximum absolute atomic E-state index is 12.7. The van der Waals surface area contributed by atoms with Crippen LogP contribution in [-0.2, 0) is 10.0 Å². The van der Waals surface area contributed by atoms with Crippen LogP contribution in [0.1, 0.15) is 15.9 Å². The third-order valence-corrected chi connectivity index (χ3v) is 5.16. The third-order valence-electron chi connectivity index (χ3n) is 3.81. The molecule has 0 aliphatic heterocycles. The molecule has 0 atom stereocenters. The van der Waals surface area contributed by atoms with Crippen LogP contribution in [-0.4, -0.2) is 26.6 Å². The smallest absolute Gasteiger partial charge is 0.263 e. The second-order valence-corrected chi connectivity index (χ2v) is 7.42. The lowest BCUT2D eigenvalue weighted by Crippen LogP contribution is -2.32. The number of hydrogen-bond donors (Lipinski definition) is 1. The second-order valence-electron chi connectivity index (χ2n) is 5.74. The molecule has 0 aliphatic rings. The van der Waals surface area contributed by atoms with Gasteiger partial charge in [0.25, 0.3) is 10.0 Å². The Bertz CT molecular complexity index is 1030. The Labute approximate surface area is 158 Å². The van der Waals surface area contributed by atoms with Gasteiger partial charge in [-0.15, -0.1) is 0 Å². The molecule has 0 amide bonds. The highest BCUT2D eigenvalue weighted by atomic mass is 32.2. The lowest BCUT2D eigenvalue weighted by atomic mass is 10.1. The minimum Gasteiger partial charge on any atom is -0.292 e. The summed E-state index contributed by atoms with van der Waals surface area (Å²) in [4.78, 5) is 16.7. The van der Waals surface area contributed by atoms with E-state index in [-0.39, 0.29) is 23.1 Å². The van der Waals surface area contributed by atoms with Gasteiger partial charge in [0.05, 0.1) is 4.90 Å². The van der Waals surface area contributed by atoms with E-state index in [0.717, 1.165) is 0 Å². The molecule has 0 aromatic heterocycles. The molecule has 0 unspecified atom stereocenters. The first-order valence-electron chi connectivity index (χ1n) is 8.32. The number of carbonyl (C=O) groups is 1. The number of nitrogens with zero attached hydrogens (tertiary/aromatic N) is 1. The monoisotopic (exact) mass is 378 g/mol. The lowest BCUT2D eigenvalue weighted by Gasteiger charge is -2.11. The summed E-state index contributed by atoms with van der Waals surface area (Å²) in [6.07, 6.45) is 0. The van der Waals surface area contributed by atoms with Gasteiger partial charge < -0.3 is 0 Å². The highest BCUT2D eigenvalue weighted by Gasteiger charge is 2.17. The molecule has 0 bridgehead atoms. The molecule has 0 saturated carbocycles. The first-order chi connectivity index (χ1) is 13.1. The van der Waals surface area contributed by atoms with E-state index in [1.165, 1.54) is 12.1 Å². The molecule has 1 N–H and O–H groups in total. The van der Waals surface area contributed by atoms with Crippen LogP contribution in [0.25, 0.3) is 0 Å². The quantitative estimate of drug-likeness (QED) is 0.406. The minimum absolute atomic E-state index is 0.128. The number of Topliss-reactive ketones (excluding diaryl/α,β-unsaturated/α-hetero) is 1. The molecule has 0 spiro atoms. The standard InChI is InChI=1S/C21H18N2O3S/c24-20(17-10-4-1-5-11-17)16-22-21(18-12-6-2-7-13-18)23-27(25,26)19-14-8-3-9-15-19/h1-15H,16H2,(H,22,23). The van der Waals surface area contributed by atoms with Crippen molar-refractivity contribution in [1.29, 1.82) is 0 Å². The maximum atomic E-state index is 12.7. The van der Waals surface area contributed by atoms with Crippen LogP contribution in [0.2, 0.25) is 0 Å². The normalized spacial score (nSPS) is 11.8. The van der Waals surface area contributed by atoms with Gasteiger partial charge in [-0.25, -0.2) is 8.42 Å². The van der Waals surface area contributed by atoms with E-state index < -0.39 is 10.0 Å². The highest BCUT2D eigenvalue weighted by molar-refractivity contribution is 7.90. The Morgan fingerprint density at radius 3 is 1.78 bits per heavy atom. The summed E-state index contributed by atoms with van der Waals surface area (Å²) in [5.41, 5.74) is 1.11. The van der Waals surface area contributed by atoms with Crippen LogP contribution in [0, 0.1) is 0 Å². The van der Waals surface area contributed by atoms with Crippen LogP contribution >= 0.6 is 0 Å². The largest absolute Gasteiger partial charge is 0.292 e. The molecule has 136 valence electrons. The van der Waals surface area contributed by atoms with Gasteiger partial charge in [-0.05, 0) is 12.1 Å². The van der Waals surface area contributed by atoms with E-state index in [4.69, 9.17) is 0 Å². The molecule has 0 fully saturated rings. The average molecular weight is 378 g/mol. The molecule has 6 heteroatoms. The van der Waals surface area contributed by atoms with Crippen LogP contribution in [0.4, 0.5) is 0 Å². The zero-order valence-corrected chi connectivity index (χ0v) is 15.3. The average Bonchev–Trinajstić information content (AvgIpc) is 2.73. The first kappa shape index (κ1) is 18.5. The van der Waals surface area contributed by atoms with Crippen molar-refractivity contribution < 1.29 is 13.2 Å². The molecule has 3 rings (SSSR count). The van der Waals surface area contributed by atoms with Crippen molar-refractivity contribution in [3.63, 3.8) is 0 Å². The van der Waals surface area contributed by atoms with E-state index in [0.29, 0.717) is 11.1 Å². The second kappa shape index (κ2) is 8.42. The topological polar surface area (TPSA) is 75.6 Å². The van der Waals surface area contributed by atoms with Crippen molar-refractivity contribution >= 4 is 21.6 Å². The first-order valence-corrected chi connectivity index (χ1v) is 9.80. The molecule has 0 heterocycles. The van der Waals surface area contributed by atoms with Gasteiger partial charge in [-0.2, -0.15) is 0 Å². The van der Waals surface area contributed by atoms with Crippen molar-refractivity contribution in [3.05, 3.63) is 102 Å². The number of sulfonamides is 1. The molecular formula is C21H18N2O3S. The van der Waals surface area contributed by atoms with E-state index >= 15 is 0 Å². The van der Waals surface area contributed by atoms with E-state index in [1.54, 1.807) is 66.7 Å². The fraction of sp³-hybridized carbons (Fsp3) is 0.0476. The Morgan fingerprint density at radius 2 is 1.22 bits per heavy atom. The molecule has 3 aromatic carbocycles. The summed E-state index contributed by atoms with van der Waals surface area (Å²) in [6.45, 7) is -0.161. The number of nitrogens with one attached hydrogen (secondary N) is 1. The summed E-state index contributed by atoms with van der Waals surface area (Å²) in [5.74, 6) is -0.0633. The number of carbonyl (C=O) groups excluding carboxylic acids is 1. The van der Waals surface area contributed by atoms with Crippen molar-refractivity contribution in [2.24, 2.45) is 4.99 Å². The van der Waals surface area contributed by atoms with Gasteiger partial charge in [-0.3, -0.25) is 14.5 Å². The van der Waals surface area contributed by atoms with Gasteiger partial charge in [0, 0.05) is 11.1 Å². The number of benzene rings is 3. The predicted octanol–water partition coefficient (Wildman–Crippen LogP) is 3.29. The summed E-state index contributed by atoms with van der Waals surface area (Å²) in [7, 11) is -3.81. The lowest BCUT2D eigenvalue weighted by molar-refractivity contribution is 0.100. The van der Waals surface area contributed by atoms with Crippen molar-refractivity contribution in [3.8, 4) is 0 Å². The fourth-order valence-corrected chi connectivity index (χ4v) is 3.50. The molecule has 5 nitrogen and oxygen atoms in total. The number of ketones is 1. The summed E-state index contributed by atoms with van der Waals surface area (Å²) >= 11 is 0. The third kappa shape index (κ3) is 4.89. The Hall–Kier alpha value is -3.25. The molecule has 0 aliphatic carbocycles. The number of hydrogen-bond acceptors (Lipinski definition) is 4. The molecule has 3 aromatic rings. The molecule has 27 heavy (non-hydrogen) atoms. The van der Waals surface area contributed by atoms with Crippen molar-refractivity contribution in [2.75, 3.05) is 6.54 Å². The van der Waals surface area contributed by atoms with Gasteiger partial charge in [0.15, 0.2) is 5.78 Å². The van der Waals surface area contributed by atoms with E-state index in [9.17, 15) is 13.2 Å². The SMILES string of the molecule is O=C(CN=C(NS(=O)(=O)c1ccccc1)c1ccccc1)c1ccccc1. The minimum atomic E-state index is -3.81. The molecule has 0 radical (unpaired) electrons. The zero-order valence-electron chi connectivity index (χ0n) is 14.4. The molecule has 0 saturated heterocycles. The van der Waals surface area contributed by atoms with E-state index in [1.807, 2.05) is 12.1 Å². The molecular weight excluding hydrogens is 360 g/mol. The summed E-state index contributed by atoms with van der Waals surface area (Å²) < 4.78 is 27.8. The zero-order chi connectivity index (χ0) is 19.1. The van der Waals surface area contributed by atoms with Crippen molar-refractivity contribution in [1.82, 2.24) is 4.72 Å². The van der Waals surface area contributed by atoms with Gasteiger partial charge in [0.1, 0.15) is 12.4 Å². The van der Waals surface area contributed by atoms with Gasteiger partial charge >= 0.3 is 0 Å². The Kier molecular flexibility index (Phi) is 5.78. The summed E-state index contributed by atoms with van der Waals surface area (Å²) in [5, 5.41) is 0. The van der Waals surface area contributed by atoms with Crippen LogP contribution in [0.3, 0.4) is 0 Å². The van der Waals surface area contributed by atoms with Gasteiger partial charge in [-0.1, -0.05) is 78.9 Å². The van der Waals surface area contributed by atoms with Gasteiger partial charge in [0.2, 0.25) is 0 Å². The Balaban J connectivity index is 1.89. The van der Waals surface area contributed by atoms with Crippen LogP contribution < -0.4 is 4.72 Å². The number of amidine groups is 1. The highest BCUT2D eigenvalue weighted by Crippen LogP contribution is 2.10. The van der Waals surface area contributed by atoms with Crippen molar-refractivity contribution in [2.45, 2.75) is 4.90 Å². The Morgan fingerprint density at radius 1 is 0.741 bits per heavy atom.